The van der Waals surface area contributed by atoms with Crippen LogP contribution in [0.15, 0.2) is 56.2 Å². The normalized spacial score (nSPS) is 11.0. The molecule has 1 N–H and O–H groups in total. The van der Waals surface area contributed by atoms with Gasteiger partial charge in [-0.25, -0.2) is 0 Å². The Labute approximate surface area is 171 Å². The van der Waals surface area contributed by atoms with Gasteiger partial charge in [-0.15, -0.1) is 0 Å². The predicted molar refractivity (Wildman–Crippen MR) is 114 cm³/mol. The number of carbonyl (C=O) groups excluding carboxylic acids is 1. The Bertz CT molecular complexity index is 969. The maximum Gasteiger partial charge on any atom is 0.297 e. The molecule has 0 saturated carbocycles. The maximum absolute atomic E-state index is 12.5. The van der Waals surface area contributed by atoms with Crippen molar-refractivity contribution in [2.75, 3.05) is 19.0 Å². The zero-order chi connectivity index (χ0) is 19.6. The van der Waals surface area contributed by atoms with Gasteiger partial charge in [0.2, 0.25) is 0 Å². The Morgan fingerprint density at radius 2 is 1.96 bits per heavy atom. The molecule has 1 heterocycles. The summed E-state index contributed by atoms with van der Waals surface area (Å²) in [6.45, 7) is 3.93. The summed E-state index contributed by atoms with van der Waals surface area (Å²) in [5.74, 6) is 0.711. The van der Waals surface area contributed by atoms with Gasteiger partial charge in [-0.3, -0.25) is 9.52 Å². The van der Waals surface area contributed by atoms with Crippen LogP contribution in [-0.2, 0) is 0 Å². The van der Waals surface area contributed by atoms with Gasteiger partial charge in [-0.2, -0.15) is 0 Å². The van der Waals surface area contributed by atoms with Gasteiger partial charge in [-0.1, -0.05) is 12.1 Å². The summed E-state index contributed by atoms with van der Waals surface area (Å²) >= 11 is 4.76. The first-order valence-electron chi connectivity index (χ1n) is 8.48. The van der Waals surface area contributed by atoms with E-state index in [0.29, 0.717) is 5.58 Å². The first kappa shape index (κ1) is 19.6. The number of fused-ring (bicyclic) bond motifs is 1. The lowest BCUT2D eigenvalue weighted by Crippen LogP contribution is -2.15. The predicted octanol–water partition coefficient (Wildman–Crippen LogP) is 5.49. The molecule has 0 bridgehead atoms. The quantitative estimate of drug-likeness (QED) is 0.505. The van der Waals surface area contributed by atoms with Gasteiger partial charge in [0.1, 0.15) is 11.3 Å². The largest absolute Gasteiger partial charge is 0.490 e. The summed E-state index contributed by atoms with van der Waals surface area (Å²) in [5.41, 5.74) is 1.65. The molecule has 7 heteroatoms. The number of halogens is 1. The van der Waals surface area contributed by atoms with Crippen molar-refractivity contribution in [3.63, 3.8) is 0 Å². The van der Waals surface area contributed by atoms with Gasteiger partial charge in [0, 0.05) is 30.0 Å². The number of nitrogens with zero attached hydrogens (tertiary/aromatic N) is 1. The number of furan rings is 1. The van der Waals surface area contributed by atoms with Gasteiger partial charge < -0.3 is 14.1 Å². The molecule has 0 atom stereocenters. The highest BCUT2D eigenvalue weighted by Gasteiger charge is 2.16. The first-order valence-corrected chi connectivity index (χ1v) is 10.1. The van der Waals surface area contributed by atoms with Crippen LogP contribution in [0.2, 0.25) is 0 Å². The van der Waals surface area contributed by atoms with Crippen molar-refractivity contribution >= 4 is 50.4 Å². The molecule has 0 unspecified atom stereocenters. The Kier molecular flexibility index (Phi) is 6.01. The smallest absolute Gasteiger partial charge is 0.297 e. The van der Waals surface area contributed by atoms with E-state index in [0.717, 1.165) is 26.2 Å². The van der Waals surface area contributed by atoms with Crippen molar-refractivity contribution in [3.8, 4) is 5.75 Å². The van der Waals surface area contributed by atoms with Crippen LogP contribution in [0.3, 0.4) is 0 Å². The molecule has 27 heavy (non-hydrogen) atoms. The van der Waals surface area contributed by atoms with E-state index >= 15 is 0 Å². The van der Waals surface area contributed by atoms with Gasteiger partial charge in [0.05, 0.1) is 16.7 Å². The van der Waals surface area contributed by atoms with Gasteiger partial charge in [0.15, 0.2) is 5.76 Å². The summed E-state index contributed by atoms with van der Waals surface area (Å²) < 4.78 is 15.3. The van der Waals surface area contributed by atoms with Crippen LogP contribution in [0.4, 0.5) is 5.69 Å². The third-order valence-corrected chi connectivity index (χ3v) is 5.24. The number of amides is 1. The molecule has 2 aromatic carbocycles. The minimum Gasteiger partial charge on any atom is -0.490 e. The minimum absolute atomic E-state index is 0.0576. The molecule has 1 amide bonds. The fourth-order valence-electron chi connectivity index (χ4n) is 2.54. The molecular weight excluding hydrogens is 428 g/mol. The van der Waals surface area contributed by atoms with Crippen LogP contribution in [0, 0.1) is 0 Å². The molecule has 0 fully saturated rings. The fraction of sp³-hybridized carbons (Fsp3) is 0.250. The Morgan fingerprint density at radius 3 is 2.67 bits per heavy atom. The summed E-state index contributed by atoms with van der Waals surface area (Å²) in [4.78, 5) is 15.4. The number of hydrogen-bond acceptors (Lipinski definition) is 5. The lowest BCUT2D eigenvalue weighted by molar-refractivity contribution is 0.0959. The average molecular weight is 449 g/mol. The standard InChI is InChI=1S/C20H21BrN2O3S/c1-12(2)25-16-7-5-6-8-19(16)27-22-20(24)18-10-13-9-14(21)15(23(3)4)11-17(13)26-18/h5-12H,1-4H3,(H,22,24). The van der Waals surface area contributed by atoms with E-state index in [1.165, 1.54) is 11.9 Å². The van der Waals surface area contributed by atoms with Crippen LogP contribution in [0.25, 0.3) is 11.0 Å². The molecule has 0 radical (unpaired) electrons. The lowest BCUT2D eigenvalue weighted by Gasteiger charge is -2.13. The SMILES string of the molecule is CC(C)Oc1ccccc1SNC(=O)c1cc2cc(Br)c(N(C)C)cc2o1. The summed E-state index contributed by atoms with van der Waals surface area (Å²) in [5, 5.41) is 0.867. The highest BCUT2D eigenvalue weighted by Crippen LogP contribution is 2.33. The molecular formula is C20H21BrN2O3S. The second-order valence-corrected chi connectivity index (χ2v) is 8.20. The number of ether oxygens (including phenoxy) is 1. The van der Waals surface area contributed by atoms with E-state index in [9.17, 15) is 4.79 Å². The summed E-state index contributed by atoms with van der Waals surface area (Å²) in [6, 6.07) is 13.2. The number of anilines is 1. The molecule has 1 aromatic heterocycles. The van der Waals surface area contributed by atoms with Crippen LogP contribution in [0.5, 0.6) is 5.75 Å². The monoisotopic (exact) mass is 448 g/mol. The molecule has 3 aromatic rings. The second kappa shape index (κ2) is 8.27. The van der Waals surface area contributed by atoms with E-state index in [1.807, 2.05) is 69.2 Å². The highest BCUT2D eigenvalue weighted by atomic mass is 79.9. The van der Waals surface area contributed by atoms with E-state index in [-0.39, 0.29) is 17.8 Å². The Hall–Kier alpha value is -2.12. The minimum atomic E-state index is -0.293. The van der Waals surface area contributed by atoms with E-state index in [4.69, 9.17) is 9.15 Å². The van der Waals surface area contributed by atoms with E-state index < -0.39 is 0 Å². The van der Waals surface area contributed by atoms with Crippen molar-refractivity contribution in [2.45, 2.75) is 24.8 Å². The average Bonchev–Trinajstić information content (AvgIpc) is 3.02. The third-order valence-electron chi connectivity index (χ3n) is 3.76. The van der Waals surface area contributed by atoms with Gasteiger partial charge in [-0.05, 0) is 66.0 Å². The van der Waals surface area contributed by atoms with Crippen molar-refractivity contribution in [1.82, 2.24) is 4.72 Å². The molecule has 5 nitrogen and oxygen atoms in total. The zero-order valence-corrected chi connectivity index (χ0v) is 18.0. The van der Waals surface area contributed by atoms with Crippen LogP contribution < -0.4 is 14.4 Å². The molecule has 0 saturated heterocycles. The lowest BCUT2D eigenvalue weighted by atomic mass is 10.2. The zero-order valence-electron chi connectivity index (χ0n) is 15.6. The Balaban J connectivity index is 1.77. The third kappa shape index (κ3) is 4.59. The second-order valence-electron chi connectivity index (χ2n) is 6.49. The molecule has 0 aliphatic rings. The highest BCUT2D eigenvalue weighted by molar-refractivity contribution is 9.10. The molecule has 3 rings (SSSR count). The first-order chi connectivity index (χ1) is 12.8. The Morgan fingerprint density at radius 1 is 1.22 bits per heavy atom. The van der Waals surface area contributed by atoms with Crippen LogP contribution >= 0.6 is 27.9 Å². The number of carbonyl (C=O) groups is 1. The fourth-order valence-corrected chi connectivity index (χ4v) is 3.92. The molecule has 0 aliphatic heterocycles. The van der Waals surface area contributed by atoms with Gasteiger partial charge >= 0.3 is 0 Å². The van der Waals surface area contributed by atoms with Crippen LogP contribution in [0.1, 0.15) is 24.4 Å². The number of benzene rings is 2. The number of rotatable bonds is 6. The summed E-state index contributed by atoms with van der Waals surface area (Å²) in [6.07, 6.45) is 0.0576. The molecule has 0 aliphatic carbocycles. The number of hydrogen-bond donors (Lipinski definition) is 1. The molecule has 0 spiro atoms. The van der Waals surface area contributed by atoms with E-state index in [2.05, 4.69) is 20.7 Å². The topological polar surface area (TPSA) is 54.7 Å². The van der Waals surface area contributed by atoms with Crippen molar-refractivity contribution in [2.24, 2.45) is 0 Å². The van der Waals surface area contributed by atoms with Crippen LogP contribution in [-0.4, -0.2) is 26.1 Å². The maximum atomic E-state index is 12.5. The van der Waals surface area contributed by atoms with Crippen molar-refractivity contribution in [1.29, 1.82) is 0 Å². The summed E-state index contributed by atoms with van der Waals surface area (Å²) in [7, 11) is 3.91. The van der Waals surface area contributed by atoms with Crippen molar-refractivity contribution < 1.29 is 13.9 Å². The number of para-hydroxylation sites is 1. The van der Waals surface area contributed by atoms with Crippen molar-refractivity contribution in [3.05, 3.63) is 52.7 Å². The van der Waals surface area contributed by atoms with Gasteiger partial charge in [0.25, 0.3) is 5.91 Å². The van der Waals surface area contributed by atoms with E-state index in [1.54, 1.807) is 6.07 Å². The number of nitrogens with one attached hydrogen (secondary N) is 1. The molecule has 142 valence electrons.